The molecule has 4 N–H and O–H groups in total. The molecule has 0 aliphatic rings. The van der Waals surface area contributed by atoms with Gasteiger partial charge in [-0.2, -0.15) is 0 Å². The lowest BCUT2D eigenvalue weighted by Crippen LogP contribution is -2.33. The summed E-state index contributed by atoms with van der Waals surface area (Å²) in [6.45, 7) is 0.682. The van der Waals surface area contributed by atoms with Crippen LogP contribution in [0, 0.1) is 0 Å². The minimum absolute atomic E-state index is 0.119. The number of primary amides is 1. The van der Waals surface area contributed by atoms with Crippen LogP contribution in [0.15, 0.2) is 48.5 Å². The first kappa shape index (κ1) is 16.9. The van der Waals surface area contributed by atoms with Crippen molar-refractivity contribution in [1.82, 2.24) is 9.88 Å². The number of rotatable bonds is 6. The molecule has 0 aliphatic carbocycles. The quantitative estimate of drug-likeness (QED) is 0.709. The van der Waals surface area contributed by atoms with E-state index in [2.05, 4.69) is 4.98 Å². The van der Waals surface area contributed by atoms with Gasteiger partial charge in [0.1, 0.15) is 0 Å². The Morgan fingerprint density at radius 2 is 1.88 bits per heavy atom. The van der Waals surface area contributed by atoms with Crippen LogP contribution >= 0.6 is 11.3 Å². The van der Waals surface area contributed by atoms with E-state index >= 15 is 0 Å². The van der Waals surface area contributed by atoms with Gasteiger partial charge in [-0.05, 0) is 23.8 Å². The lowest BCUT2D eigenvalue weighted by atomic mass is 10.1. The van der Waals surface area contributed by atoms with Crippen molar-refractivity contribution >= 4 is 38.5 Å². The summed E-state index contributed by atoms with van der Waals surface area (Å²) < 4.78 is 0.859. The average Bonchev–Trinajstić information content (AvgIpc) is 2.97. The number of carbonyl (C=O) groups excluding carboxylic acids is 2. The van der Waals surface area contributed by atoms with E-state index in [1.54, 1.807) is 23.1 Å². The molecule has 0 spiro atoms. The van der Waals surface area contributed by atoms with Gasteiger partial charge in [-0.3, -0.25) is 9.59 Å². The predicted molar refractivity (Wildman–Crippen MR) is 99.0 cm³/mol. The monoisotopic (exact) mass is 354 g/mol. The number of aromatic nitrogens is 1. The Kier molecular flexibility index (Phi) is 4.95. The van der Waals surface area contributed by atoms with Crippen molar-refractivity contribution in [2.24, 2.45) is 5.73 Å². The standard InChI is InChI=1S/C18H18N4O2S/c19-16(23)8-9-22(11-12-4-2-1-3-5-12)17(24)13-6-7-14-15(10-13)25-18(20)21-14/h1-7,10H,8-9,11H2,(H2,19,23)(H2,20,21). The maximum absolute atomic E-state index is 12.9. The Bertz CT molecular complexity index is 908. The van der Waals surface area contributed by atoms with Crippen molar-refractivity contribution in [3.05, 3.63) is 59.7 Å². The Balaban J connectivity index is 1.86. The first-order valence-corrected chi connectivity index (χ1v) is 8.62. The lowest BCUT2D eigenvalue weighted by Gasteiger charge is -2.22. The molecule has 3 rings (SSSR count). The van der Waals surface area contributed by atoms with Gasteiger partial charge >= 0.3 is 0 Å². The van der Waals surface area contributed by atoms with E-state index < -0.39 is 5.91 Å². The molecule has 0 saturated heterocycles. The zero-order valence-electron chi connectivity index (χ0n) is 13.5. The minimum Gasteiger partial charge on any atom is -0.375 e. The Labute approximate surface area is 149 Å². The number of benzene rings is 2. The summed E-state index contributed by atoms with van der Waals surface area (Å²) in [6.07, 6.45) is 0.119. The van der Waals surface area contributed by atoms with Crippen LogP contribution in [-0.2, 0) is 11.3 Å². The van der Waals surface area contributed by atoms with E-state index in [0.717, 1.165) is 15.8 Å². The van der Waals surface area contributed by atoms with Crippen LogP contribution in [0.25, 0.3) is 10.2 Å². The predicted octanol–water partition coefficient (Wildman–Crippen LogP) is 2.40. The molecular formula is C18H18N4O2S. The van der Waals surface area contributed by atoms with Gasteiger partial charge < -0.3 is 16.4 Å². The molecule has 0 atom stereocenters. The van der Waals surface area contributed by atoms with Gasteiger partial charge in [-0.25, -0.2) is 4.98 Å². The molecule has 3 aromatic rings. The fraction of sp³-hybridized carbons (Fsp3) is 0.167. The van der Waals surface area contributed by atoms with Crippen LogP contribution in [0.5, 0.6) is 0 Å². The molecule has 25 heavy (non-hydrogen) atoms. The highest BCUT2D eigenvalue weighted by atomic mass is 32.1. The van der Waals surface area contributed by atoms with Crippen LogP contribution < -0.4 is 11.5 Å². The number of fused-ring (bicyclic) bond motifs is 1. The molecule has 0 radical (unpaired) electrons. The summed E-state index contributed by atoms with van der Waals surface area (Å²) >= 11 is 1.34. The number of amides is 2. The summed E-state index contributed by atoms with van der Waals surface area (Å²) in [5.41, 5.74) is 13.3. The molecule has 0 unspecified atom stereocenters. The van der Waals surface area contributed by atoms with Crippen molar-refractivity contribution in [3.63, 3.8) is 0 Å². The number of hydrogen-bond acceptors (Lipinski definition) is 5. The van der Waals surface area contributed by atoms with E-state index in [-0.39, 0.29) is 18.9 Å². The Morgan fingerprint density at radius 3 is 2.60 bits per heavy atom. The maximum Gasteiger partial charge on any atom is 0.254 e. The summed E-state index contributed by atoms with van der Waals surface area (Å²) in [7, 11) is 0. The van der Waals surface area contributed by atoms with E-state index in [1.807, 2.05) is 30.3 Å². The number of anilines is 1. The van der Waals surface area contributed by atoms with Crippen LogP contribution in [0.1, 0.15) is 22.3 Å². The molecule has 7 heteroatoms. The Morgan fingerprint density at radius 1 is 1.12 bits per heavy atom. The second-order valence-electron chi connectivity index (χ2n) is 5.66. The van der Waals surface area contributed by atoms with Gasteiger partial charge in [-0.1, -0.05) is 41.7 Å². The van der Waals surface area contributed by atoms with Gasteiger partial charge in [0.15, 0.2) is 5.13 Å². The normalized spacial score (nSPS) is 10.7. The minimum atomic E-state index is -0.434. The number of nitrogens with two attached hydrogens (primary N) is 2. The third kappa shape index (κ3) is 4.13. The molecule has 0 bridgehead atoms. The van der Waals surface area contributed by atoms with E-state index in [0.29, 0.717) is 17.2 Å². The topological polar surface area (TPSA) is 102 Å². The van der Waals surface area contributed by atoms with Crippen molar-refractivity contribution in [2.45, 2.75) is 13.0 Å². The second kappa shape index (κ2) is 7.31. The summed E-state index contributed by atoms with van der Waals surface area (Å²) in [5, 5.41) is 0.467. The van der Waals surface area contributed by atoms with Crippen molar-refractivity contribution in [2.75, 3.05) is 12.3 Å². The zero-order chi connectivity index (χ0) is 17.8. The van der Waals surface area contributed by atoms with Crippen LogP contribution in [0.2, 0.25) is 0 Å². The molecule has 2 amide bonds. The van der Waals surface area contributed by atoms with Crippen molar-refractivity contribution in [3.8, 4) is 0 Å². The molecule has 0 saturated carbocycles. The maximum atomic E-state index is 12.9. The molecular weight excluding hydrogens is 336 g/mol. The molecule has 0 aliphatic heterocycles. The second-order valence-corrected chi connectivity index (χ2v) is 6.73. The third-order valence-electron chi connectivity index (χ3n) is 3.78. The molecule has 2 aromatic carbocycles. The van der Waals surface area contributed by atoms with Gasteiger partial charge in [0.25, 0.3) is 5.91 Å². The van der Waals surface area contributed by atoms with Crippen LogP contribution in [-0.4, -0.2) is 28.2 Å². The molecule has 1 heterocycles. The molecule has 1 aromatic heterocycles. The zero-order valence-corrected chi connectivity index (χ0v) is 14.3. The highest BCUT2D eigenvalue weighted by Crippen LogP contribution is 2.25. The molecule has 6 nitrogen and oxygen atoms in total. The third-order valence-corrected chi connectivity index (χ3v) is 4.63. The van der Waals surface area contributed by atoms with E-state index in [9.17, 15) is 9.59 Å². The first-order chi connectivity index (χ1) is 12.0. The smallest absolute Gasteiger partial charge is 0.254 e. The summed E-state index contributed by atoms with van der Waals surface area (Å²) in [6, 6.07) is 14.9. The van der Waals surface area contributed by atoms with Gasteiger partial charge in [0.2, 0.25) is 5.91 Å². The van der Waals surface area contributed by atoms with Crippen LogP contribution in [0.3, 0.4) is 0 Å². The van der Waals surface area contributed by atoms with Gasteiger partial charge in [0.05, 0.1) is 10.2 Å². The average molecular weight is 354 g/mol. The summed E-state index contributed by atoms with van der Waals surface area (Å²) in [4.78, 5) is 29.9. The van der Waals surface area contributed by atoms with Gasteiger partial charge in [0, 0.05) is 25.1 Å². The van der Waals surface area contributed by atoms with Crippen LogP contribution in [0.4, 0.5) is 5.13 Å². The van der Waals surface area contributed by atoms with E-state index in [4.69, 9.17) is 11.5 Å². The largest absolute Gasteiger partial charge is 0.375 e. The van der Waals surface area contributed by atoms with Gasteiger partial charge in [-0.15, -0.1) is 0 Å². The fourth-order valence-electron chi connectivity index (χ4n) is 2.56. The Hall–Kier alpha value is -2.93. The SMILES string of the molecule is NC(=O)CCN(Cc1ccccc1)C(=O)c1ccc2nc(N)sc2c1. The molecule has 128 valence electrons. The summed E-state index contributed by atoms with van der Waals surface area (Å²) in [5.74, 6) is -0.587. The highest BCUT2D eigenvalue weighted by Gasteiger charge is 2.18. The number of thiazole rings is 1. The van der Waals surface area contributed by atoms with E-state index in [1.165, 1.54) is 11.3 Å². The lowest BCUT2D eigenvalue weighted by molar-refractivity contribution is -0.118. The number of carbonyl (C=O) groups is 2. The fourth-order valence-corrected chi connectivity index (χ4v) is 3.33. The van der Waals surface area contributed by atoms with Crippen molar-refractivity contribution in [1.29, 1.82) is 0 Å². The highest BCUT2D eigenvalue weighted by molar-refractivity contribution is 7.22. The number of nitrogens with zero attached hydrogens (tertiary/aromatic N) is 2. The van der Waals surface area contributed by atoms with Crippen molar-refractivity contribution < 1.29 is 9.59 Å². The first-order valence-electron chi connectivity index (χ1n) is 7.80. The number of nitrogen functional groups attached to an aromatic ring is 1. The number of hydrogen-bond donors (Lipinski definition) is 2. The molecule has 0 fully saturated rings.